The number of carbonyl (C=O) groups is 1. The first-order valence-electron chi connectivity index (χ1n) is 6.83. The van der Waals surface area contributed by atoms with Crippen molar-refractivity contribution in [2.45, 2.75) is 13.3 Å². The Morgan fingerprint density at radius 1 is 0.800 bits per heavy atom. The van der Waals surface area contributed by atoms with Crippen molar-refractivity contribution in [3.05, 3.63) is 0 Å². The third kappa shape index (κ3) is 16.1. The Hall–Kier alpha value is 0.0400. The van der Waals surface area contributed by atoms with Crippen LogP contribution in [0.3, 0.4) is 0 Å². The molecule has 20 heavy (non-hydrogen) atoms. The summed E-state index contributed by atoms with van der Waals surface area (Å²) < 4.78 is 26.9. The van der Waals surface area contributed by atoms with E-state index in [2.05, 4.69) is 22.6 Å². The summed E-state index contributed by atoms with van der Waals surface area (Å²) in [6.45, 7) is 6.60. The molecule has 0 aromatic rings. The van der Waals surface area contributed by atoms with Gasteiger partial charge in [0.1, 0.15) is 0 Å². The van der Waals surface area contributed by atoms with Gasteiger partial charge in [0, 0.05) is 4.43 Å². The molecule has 7 heteroatoms. The molecule has 6 nitrogen and oxygen atoms in total. The molecule has 0 heterocycles. The summed E-state index contributed by atoms with van der Waals surface area (Å²) in [7, 11) is 0. The molecular formula is C13H25IO6. The van der Waals surface area contributed by atoms with Crippen LogP contribution in [0.5, 0.6) is 0 Å². The fraction of sp³-hybridized carbons (Fsp3) is 0.923. The molecule has 0 aliphatic rings. The minimum absolute atomic E-state index is 0.230. The molecule has 120 valence electrons. The topological polar surface area (TPSA) is 63.2 Å². The summed E-state index contributed by atoms with van der Waals surface area (Å²) in [5, 5.41) is 0. The summed E-state index contributed by atoms with van der Waals surface area (Å²) in [6, 6.07) is 0. The van der Waals surface area contributed by atoms with E-state index >= 15 is 0 Å². The maximum absolute atomic E-state index is 11.0. The Morgan fingerprint density at radius 3 is 1.70 bits per heavy atom. The van der Waals surface area contributed by atoms with Crippen LogP contribution >= 0.6 is 22.6 Å². The molecule has 0 aromatic heterocycles. The van der Waals surface area contributed by atoms with E-state index < -0.39 is 0 Å². The second kappa shape index (κ2) is 17.1. The molecule has 0 bridgehead atoms. The lowest BCUT2D eigenvalue weighted by Crippen LogP contribution is -2.13. The summed E-state index contributed by atoms with van der Waals surface area (Å²) in [5.74, 6) is -0.230. The molecule has 0 aliphatic carbocycles. The van der Waals surface area contributed by atoms with Crippen LogP contribution in [0.25, 0.3) is 0 Å². The van der Waals surface area contributed by atoms with Crippen LogP contribution < -0.4 is 0 Å². The van der Waals surface area contributed by atoms with Gasteiger partial charge in [-0.1, -0.05) is 22.6 Å². The van der Waals surface area contributed by atoms with Crippen LogP contribution in [-0.2, 0) is 28.5 Å². The van der Waals surface area contributed by atoms with Crippen molar-refractivity contribution in [3.8, 4) is 0 Å². The quantitative estimate of drug-likeness (QED) is 0.178. The van der Waals surface area contributed by atoms with E-state index in [1.54, 1.807) is 6.92 Å². The first-order chi connectivity index (χ1) is 9.81. The molecule has 0 N–H and O–H groups in total. The van der Waals surface area contributed by atoms with Gasteiger partial charge in [-0.2, -0.15) is 0 Å². The van der Waals surface area contributed by atoms with Gasteiger partial charge in [-0.3, -0.25) is 4.79 Å². The summed E-state index contributed by atoms with van der Waals surface area (Å²) in [6.07, 6.45) is 0.286. The summed E-state index contributed by atoms with van der Waals surface area (Å²) in [5.41, 5.74) is 0. The van der Waals surface area contributed by atoms with Gasteiger partial charge in [0.15, 0.2) is 0 Å². The highest BCUT2D eigenvalue weighted by Crippen LogP contribution is 1.89. The zero-order valence-electron chi connectivity index (χ0n) is 12.1. The molecule has 0 aromatic carbocycles. The van der Waals surface area contributed by atoms with Crippen molar-refractivity contribution < 1.29 is 28.5 Å². The number of halogens is 1. The van der Waals surface area contributed by atoms with E-state index in [9.17, 15) is 4.79 Å². The summed E-state index contributed by atoms with van der Waals surface area (Å²) >= 11 is 2.26. The van der Waals surface area contributed by atoms with E-state index in [0.29, 0.717) is 52.9 Å². The second-order valence-corrected chi connectivity index (χ2v) is 4.77. The SMILES string of the molecule is CCOC(=O)CCOCCOCCOCCOCCI. The number of alkyl halides is 1. The highest BCUT2D eigenvalue weighted by Gasteiger charge is 2.00. The molecule has 0 rings (SSSR count). The van der Waals surface area contributed by atoms with Crippen LogP contribution in [-0.4, -0.2) is 69.9 Å². The third-order valence-electron chi connectivity index (χ3n) is 2.09. The zero-order chi connectivity index (χ0) is 14.9. The molecule has 0 fully saturated rings. The van der Waals surface area contributed by atoms with Gasteiger partial charge in [-0.05, 0) is 6.92 Å². The smallest absolute Gasteiger partial charge is 0.308 e. The average molecular weight is 404 g/mol. The molecule has 0 unspecified atom stereocenters. The maximum atomic E-state index is 11.0. The fourth-order valence-corrected chi connectivity index (χ4v) is 1.52. The van der Waals surface area contributed by atoms with E-state index in [-0.39, 0.29) is 12.4 Å². The standard InChI is InChI=1S/C13H25IO6/c1-2-20-13(15)3-5-16-7-9-18-11-12-19-10-8-17-6-4-14/h2-12H2,1H3. The van der Waals surface area contributed by atoms with Gasteiger partial charge in [0.25, 0.3) is 0 Å². The average Bonchev–Trinajstić information content (AvgIpc) is 2.44. The Balaban J connectivity index is 3.01. The van der Waals surface area contributed by atoms with E-state index in [4.69, 9.17) is 23.7 Å². The zero-order valence-corrected chi connectivity index (χ0v) is 14.3. The monoisotopic (exact) mass is 404 g/mol. The van der Waals surface area contributed by atoms with Crippen LogP contribution in [0.4, 0.5) is 0 Å². The molecular weight excluding hydrogens is 379 g/mol. The van der Waals surface area contributed by atoms with Crippen LogP contribution in [0, 0.1) is 0 Å². The predicted molar refractivity (Wildman–Crippen MR) is 83.4 cm³/mol. The maximum Gasteiger partial charge on any atom is 0.308 e. The number of hydrogen-bond acceptors (Lipinski definition) is 6. The largest absolute Gasteiger partial charge is 0.466 e. The van der Waals surface area contributed by atoms with Crippen molar-refractivity contribution in [1.29, 1.82) is 0 Å². The molecule has 0 saturated heterocycles. The minimum Gasteiger partial charge on any atom is -0.466 e. The molecule has 0 aliphatic heterocycles. The van der Waals surface area contributed by atoms with Gasteiger partial charge >= 0.3 is 5.97 Å². The highest BCUT2D eigenvalue weighted by atomic mass is 127. The normalized spacial score (nSPS) is 10.7. The fourth-order valence-electron chi connectivity index (χ4n) is 1.21. The Kier molecular flexibility index (Phi) is 17.1. The van der Waals surface area contributed by atoms with E-state index in [1.807, 2.05) is 0 Å². The number of ether oxygens (including phenoxy) is 5. The van der Waals surface area contributed by atoms with E-state index in [0.717, 1.165) is 11.0 Å². The first-order valence-corrected chi connectivity index (χ1v) is 8.36. The molecule has 0 atom stereocenters. The Labute approximate surface area is 134 Å². The van der Waals surface area contributed by atoms with Gasteiger partial charge in [0.2, 0.25) is 0 Å². The van der Waals surface area contributed by atoms with Crippen molar-refractivity contribution in [1.82, 2.24) is 0 Å². The second-order valence-electron chi connectivity index (χ2n) is 3.69. The third-order valence-corrected chi connectivity index (χ3v) is 2.53. The highest BCUT2D eigenvalue weighted by molar-refractivity contribution is 14.1. The van der Waals surface area contributed by atoms with Gasteiger partial charge < -0.3 is 23.7 Å². The lowest BCUT2D eigenvalue weighted by atomic mass is 10.5. The van der Waals surface area contributed by atoms with E-state index in [1.165, 1.54) is 0 Å². The number of hydrogen-bond donors (Lipinski definition) is 0. The van der Waals surface area contributed by atoms with Gasteiger partial charge in [-0.15, -0.1) is 0 Å². The molecule has 0 radical (unpaired) electrons. The van der Waals surface area contributed by atoms with Gasteiger partial charge in [0.05, 0.1) is 65.9 Å². The van der Waals surface area contributed by atoms with Crippen molar-refractivity contribution >= 4 is 28.6 Å². The van der Waals surface area contributed by atoms with Crippen molar-refractivity contribution in [2.24, 2.45) is 0 Å². The first kappa shape index (κ1) is 20.0. The lowest BCUT2D eigenvalue weighted by Gasteiger charge is -2.07. The van der Waals surface area contributed by atoms with Crippen LogP contribution in [0.1, 0.15) is 13.3 Å². The Bertz CT molecular complexity index is 215. The minimum atomic E-state index is -0.230. The molecule has 0 saturated carbocycles. The number of carbonyl (C=O) groups excluding carboxylic acids is 1. The van der Waals surface area contributed by atoms with Crippen LogP contribution in [0.2, 0.25) is 0 Å². The summed E-state index contributed by atoms with van der Waals surface area (Å²) in [4.78, 5) is 11.0. The molecule has 0 spiro atoms. The number of rotatable bonds is 15. The Morgan fingerprint density at radius 2 is 1.25 bits per heavy atom. The molecule has 0 amide bonds. The van der Waals surface area contributed by atoms with Crippen LogP contribution in [0.15, 0.2) is 0 Å². The number of esters is 1. The van der Waals surface area contributed by atoms with Gasteiger partial charge in [-0.25, -0.2) is 0 Å². The lowest BCUT2D eigenvalue weighted by molar-refractivity contribution is -0.144. The van der Waals surface area contributed by atoms with Crippen molar-refractivity contribution in [2.75, 3.05) is 63.9 Å². The predicted octanol–water partition coefficient (Wildman–Crippen LogP) is 1.44. The van der Waals surface area contributed by atoms with Crippen molar-refractivity contribution in [3.63, 3.8) is 0 Å².